The highest BCUT2D eigenvalue weighted by atomic mass is 32.1. The van der Waals surface area contributed by atoms with Gasteiger partial charge in [0.05, 0.1) is 23.7 Å². The largest absolute Gasteiger partial charge is 0.482 e. The van der Waals surface area contributed by atoms with Gasteiger partial charge in [-0.1, -0.05) is 12.1 Å². The Bertz CT molecular complexity index is 1030. The molecule has 0 unspecified atom stereocenters. The molecule has 2 amide bonds. The molecule has 1 aliphatic heterocycles. The molecule has 3 heterocycles. The van der Waals surface area contributed by atoms with Crippen molar-refractivity contribution in [3.63, 3.8) is 0 Å². The molecule has 0 radical (unpaired) electrons. The van der Waals surface area contributed by atoms with Crippen LogP contribution in [-0.4, -0.2) is 34.8 Å². The van der Waals surface area contributed by atoms with E-state index in [2.05, 4.69) is 0 Å². The van der Waals surface area contributed by atoms with Gasteiger partial charge in [0.15, 0.2) is 6.61 Å². The van der Waals surface area contributed by atoms with Crippen LogP contribution in [0.3, 0.4) is 0 Å². The maximum atomic E-state index is 13.2. The molecule has 0 saturated heterocycles. The van der Waals surface area contributed by atoms with Gasteiger partial charge in [0.1, 0.15) is 12.3 Å². The summed E-state index contributed by atoms with van der Waals surface area (Å²) in [6, 6.07) is 11.8. The van der Waals surface area contributed by atoms with Crippen LogP contribution in [0.1, 0.15) is 9.75 Å². The van der Waals surface area contributed by atoms with Gasteiger partial charge >= 0.3 is 0 Å². The van der Waals surface area contributed by atoms with Crippen molar-refractivity contribution in [2.75, 3.05) is 18.1 Å². The average Bonchev–Trinajstić information content (AvgIpc) is 3.43. The van der Waals surface area contributed by atoms with Crippen molar-refractivity contribution in [1.29, 1.82) is 0 Å². The summed E-state index contributed by atoms with van der Waals surface area (Å²) >= 11 is 3.11. The van der Waals surface area contributed by atoms with Crippen molar-refractivity contribution < 1.29 is 19.2 Å². The Morgan fingerprint density at radius 2 is 1.80 bits per heavy atom. The summed E-state index contributed by atoms with van der Waals surface area (Å²) in [5.41, 5.74) is 0.0690. The maximum absolute atomic E-state index is 13.2. The molecule has 0 N–H and O–H groups in total. The van der Waals surface area contributed by atoms with Crippen molar-refractivity contribution in [3.05, 3.63) is 73.1 Å². The van der Waals surface area contributed by atoms with E-state index in [1.54, 1.807) is 27.6 Å². The highest BCUT2D eigenvalue weighted by Gasteiger charge is 2.30. The zero-order valence-corrected chi connectivity index (χ0v) is 17.4. The first kappa shape index (κ1) is 20.0. The minimum atomic E-state index is -0.542. The molecular weight excluding hydrogens is 426 g/mol. The second-order valence-electron chi connectivity index (χ2n) is 6.59. The lowest BCUT2D eigenvalue weighted by atomic mass is 10.2. The third kappa shape index (κ3) is 4.34. The number of nitrogens with zero attached hydrogens (tertiary/aromatic N) is 3. The van der Waals surface area contributed by atoms with Crippen molar-refractivity contribution in [3.8, 4) is 5.75 Å². The van der Waals surface area contributed by atoms with E-state index in [0.29, 0.717) is 18.8 Å². The minimum absolute atomic E-state index is 0.168. The second-order valence-corrected chi connectivity index (χ2v) is 8.65. The summed E-state index contributed by atoms with van der Waals surface area (Å²) < 4.78 is 5.38. The molecule has 0 aliphatic carbocycles. The second kappa shape index (κ2) is 8.64. The van der Waals surface area contributed by atoms with Crippen LogP contribution in [0, 0.1) is 10.1 Å². The van der Waals surface area contributed by atoms with Gasteiger partial charge in [0.2, 0.25) is 5.91 Å². The summed E-state index contributed by atoms with van der Waals surface area (Å²) in [7, 11) is 0. The topological polar surface area (TPSA) is 93.0 Å². The van der Waals surface area contributed by atoms with Gasteiger partial charge < -0.3 is 9.64 Å². The van der Waals surface area contributed by atoms with Crippen molar-refractivity contribution >= 4 is 45.9 Å². The number of nitro groups is 1. The van der Waals surface area contributed by atoms with Crippen LogP contribution >= 0.6 is 22.7 Å². The number of fused-ring (bicyclic) bond motifs is 1. The maximum Gasteiger partial charge on any atom is 0.271 e. The fourth-order valence-electron chi connectivity index (χ4n) is 3.13. The van der Waals surface area contributed by atoms with Gasteiger partial charge in [-0.05, 0) is 29.0 Å². The molecule has 0 atom stereocenters. The van der Waals surface area contributed by atoms with Gasteiger partial charge in [-0.2, -0.15) is 0 Å². The number of benzene rings is 1. The van der Waals surface area contributed by atoms with Gasteiger partial charge in [0.25, 0.3) is 11.6 Å². The van der Waals surface area contributed by atoms with Gasteiger partial charge in [-0.15, -0.1) is 22.7 Å². The van der Waals surface area contributed by atoms with E-state index in [0.717, 1.165) is 9.75 Å². The summed E-state index contributed by atoms with van der Waals surface area (Å²) in [6.07, 6.45) is 0. The predicted octanol–water partition coefficient (Wildman–Crippen LogP) is 3.67. The Morgan fingerprint density at radius 1 is 1.13 bits per heavy atom. The minimum Gasteiger partial charge on any atom is -0.482 e. The lowest BCUT2D eigenvalue weighted by Crippen LogP contribution is -2.46. The number of carbonyl (C=O) groups is 2. The number of amides is 2. The number of ether oxygens (including phenoxy) is 1. The molecule has 1 aromatic carbocycles. The normalized spacial score (nSPS) is 12.9. The molecule has 30 heavy (non-hydrogen) atoms. The quantitative estimate of drug-likeness (QED) is 0.410. The van der Waals surface area contributed by atoms with Crippen molar-refractivity contribution in [2.45, 2.75) is 13.1 Å². The summed E-state index contributed by atoms with van der Waals surface area (Å²) in [4.78, 5) is 41.3. The van der Waals surface area contributed by atoms with Crippen molar-refractivity contribution in [2.24, 2.45) is 0 Å². The first-order valence-electron chi connectivity index (χ1n) is 9.05. The van der Waals surface area contributed by atoms with Crippen molar-refractivity contribution in [1.82, 2.24) is 4.90 Å². The van der Waals surface area contributed by atoms with Crippen LogP contribution in [0.5, 0.6) is 5.75 Å². The fraction of sp³-hybridized carbons (Fsp3) is 0.200. The number of rotatable bonds is 7. The van der Waals surface area contributed by atoms with Gasteiger partial charge in [-0.25, -0.2) is 0 Å². The zero-order chi connectivity index (χ0) is 21.1. The Labute approximate surface area is 180 Å². The molecule has 8 nitrogen and oxygen atoms in total. The molecule has 0 bridgehead atoms. The lowest BCUT2D eigenvalue weighted by molar-refractivity contribution is -0.384. The summed E-state index contributed by atoms with van der Waals surface area (Å²) in [5.74, 6) is -0.316. The molecule has 3 aromatic rings. The van der Waals surface area contributed by atoms with E-state index in [4.69, 9.17) is 4.74 Å². The van der Waals surface area contributed by atoms with E-state index < -0.39 is 10.8 Å². The monoisotopic (exact) mass is 443 g/mol. The van der Waals surface area contributed by atoms with E-state index >= 15 is 0 Å². The molecule has 0 spiro atoms. The highest BCUT2D eigenvalue weighted by Crippen LogP contribution is 2.35. The first-order chi connectivity index (χ1) is 14.5. The van der Waals surface area contributed by atoms with Crippen LogP contribution in [0.25, 0.3) is 0 Å². The molecule has 154 valence electrons. The Balaban J connectivity index is 1.59. The molecular formula is C20H17N3O5S2. The van der Waals surface area contributed by atoms with E-state index in [1.165, 1.54) is 23.1 Å². The van der Waals surface area contributed by atoms with Crippen LogP contribution in [-0.2, 0) is 22.7 Å². The standard InChI is InChI=1S/C20H17N3O5S2/c24-19(21(10-15-3-1-7-29-15)11-16-4-2-8-30-16)12-22-17-9-14(23(26)27)5-6-18(17)28-13-20(22)25/h1-9H,10-13H2. The lowest BCUT2D eigenvalue weighted by Gasteiger charge is -2.31. The van der Waals surface area contributed by atoms with E-state index in [9.17, 15) is 19.7 Å². The number of hydrogen-bond acceptors (Lipinski definition) is 7. The smallest absolute Gasteiger partial charge is 0.271 e. The predicted molar refractivity (Wildman–Crippen MR) is 114 cm³/mol. The Kier molecular flexibility index (Phi) is 5.77. The fourth-order valence-corrected chi connectivity index (χ4v) is 4.57. The first-order valence-corrected chi connectivity index (χ1v) is 10.8. The van der Waals surface area contributed by atoms with Gasteiger partial charge in [0, 0.05) is 21.9 Å². The molecule has 0 saturated carbocycles. The van der Waals surface area contributed by atoms with E-state index in [1.807, 2.05) is 35.0 Å². The highest BCUT2D eigenvalue weighted by molar-refractivity contribution is 7.10. The Hall–Kier alpha value is -3.24. The molecule has 0 fully saturated rings. The third-order valence-corrected chi connectivity index (χ3v) is 6.32. The molecule has 10 heteroatoms. The average molecular weight is 444 g/mol. The van der Waals surface area contributed by atoms with Crippen LogP contribution < -0.4 is 9.64 Å². The zero-order valence-electron chi connectivity index (χ0n) is 15.7. The van der Waals surface area contributed by atoms with Crippen LogP contribution in [0.15, 0.2) is 53.2 Å². The number of non-ortho nitro benzene ring substituents is 1. The van der Waals surface area contributed by atoms with Crippen LogP contribution in [0.2, 0.25) is 0 Å². The SMILES string of the molecule is O=C(CN1C(=O)COc2ccc([N+](=O)[O-])cc21)N(Cc1cccs1)Cc1cccs1. The number of hydrogen-bond donors (Lipinski definition) is 0. The third-order valence-electron chi connectivity index (χ3n) is 4.60. The molecule has 1 aliphatic rings. The number of nitro benzene ring substituents is 1. The number of anilines is 1. The molecule has 4 rings (SSSR count). The van der Waals surface area contributed by atoms with Crippen LogP contribution in [0.4, 0.5) is 11.4 Å². The number of carbonyl (C=O) groups excluding carboxylic acids is 2. The summed E-state index contributed by atoms with van der Waals surface area (Å²) in [5, 5.41) is 15.0. The van der Waals surface area contributed by atoms with E-state index in [-0.39, 0.29) is 30.4 Å². The molecule has 2 aromatic heterocycles. The summed E-state index contributed by atoms with van der Waals surface area (Å²) in [6.45, 7) is 0.421. The van der Waals surface area contributed by atoms with Gasteiger partial charge in [-0.3, -0.25) is 24.6 Å². The number of thiophene rings is 2. The Morgan fingerprint density at radius 3 is 2.37 bits per heavy atom.